The zero-order valence-corrected chi connectivity index (χ0v) is 76.7. The van der Waals surface area contributed by atoms with Crippen LogP contribution in [0, 0.1) is 22.7 Å². The summed E-state index contributed by atoms with van der Waals surface area (Å²) in [5.41, 5.74) is 2.51. The number of hydrogen-bond acceptors (Lipinski definition) is 24. The minimum absolute atomic E-state index is 0.00205. The number of hydrogen-bond donors (Lipinski definition) is 5. The molecule has 0 radical (unpaired) electrons. The summed E-state index contributed by atoms with van der Waals surface area (Å²) in [6.45, 7) is 22.5. The molecule has 0 bridgehead atoms. The average molecular weight is 1790 g/mol. The molecule has 14 rings (SSSR count). The molecule has 2 aromatic carbocycles. The van der Waals surface area contributed by atoms with E-state index in [0.29, 0.717) is 61.0 Å². The smallest absolute Gasteiger partial charge is 0.408 e. The molecular weight excluding hydrogens is 1660 g/mol. The Morgan fingerprint density at radius 3 is 1.41 bits per heavy atom. The van der Waals surface area contributed by atoms with Crippen molar-refractivity contribution in [2.24, 2.45) is 22.7 Å². The summed E-state index contributed by atoms with van der Waals surface area (Å²) in [5.74, 6) is -2.25. The molecule has 6 aliphatic heterocycles. The van der Waals surface area contributed by atoms with E-state index < -0.39 is 126 Å². The fourth-order valence-corrected chi connectivity index (χ4v) is 19.0. The quantitative estimate of drug-likeness (QED) is 0.0562. The van der Waals surface area contributed by atoms with E-state index >= 15 is 0 Å². The number of anilines is 2. The van der Waals surface area contributed by atoms with E-state index in [-0.39, 0.29) is 69.1 Å². The number of nitrogens with zero attached hydrogens (tertiary/aromatic N) is 14. The number of allylic oxidation sites excluding steroid dienone is 4. The number of rotatable bonds is 16. The number of Topliss-reactive ketones (excluding diaryl/α,β-unsaturated/α-hetero) is 2. The Morgan fingerprint density at radius 2 is 0.976 bits per heavy atom. The molecule has 37 heteroatoms. The SMILES string of the molecule is CC(C)n1c(Cl)nc2c(-c3cncc(N4CCCC4)n3)cccc21.CC(C)n1c(O[C@@H]2C[C@H]3C(=O)C[C@]4(C(=O)NS(=O)(=O)N(C)C)C[C@H]4/C=C\CCCCC[C@H](NC(=O)OC(C)(C)C)C(=O)N3C2)nc2c(-c3cncc(N4CCCC4)n3)cccc21.CN(C)S(=O)(=O)NC(=O)[C@]12CC(=O)[C@@H]3C[C@@H](O)CN3C(=O)[C@@H](NC(=O)OC(C)(C)C)CCCCC/C=C\[C@@H]1C2. The third-order valence-electron chi connectivity index (χ3n) is 24.2. The Morgan fingerprint density at radius 1 is 0.552 bits per heavy atom. The van der Waals surface area contributed by atoms with Gasteiger partial charge in [-0.3, -0.25) is 43.3 Å². The van der Waals surface area contributed by atoms with E-state index in [1.807, 2.05) is 83.8 Å². The predicted octanol–water partition coefficient (Wildman–Crippen LogP) is 10.9. The van der Waals surface area contributed by atoms with Gasteiger partial charge in [-0.2, -0.15) is 30.4 Å². The molecule has 8 aliphatic rings. The molecule has 10 heterocycles. The number of imidazole rings is 2. The van der Waals surface area contributed by atoms with Crippen molar-refractivity contribution in [1.82, 2.24) is 77.5 Å². The first-order chi connectivity index (χ1) is 59.1. The number of aliphatic hydroxyl groups excluding tert-OH is 1. The number of alkyl carbamates (subject to hydrolysis) is 2. The third-order valence-corrected chi connectivity index (χ3v) is 27.3. The summed E-state index contributed by atoms with van der Waals surface area (Å²) in [5, 5.41) is 16.4. The molecule has 6 amide bonds. The zero-order chi connectivity index (χ0) is 90.4. The largest absolute Gasteiger partial charge is 0.459 e. The van der Waals surface area contributed by atoms with Crippen molar-refractivity contribution < 1.29 is 74.5 Å². The number of fused-ring (bicyclic) bond motifs is 6. The molecule has 2 aliphatic carbocycles. The van der Waals surface area contributed by atoms with Crippen LogP contribution < -0.4 is 34.6 Å². The second-order valence-electron chi connectivity index (χ2n) is 37.0. The highest BCUT2D eigenvalue weighted by molar-refractivity contribution is 7.88. The second kappa shape index (κ2) is 39.2. The molecule has 0 unspecified atom stereocenters. The predicted molar refractivity (Wildman–Crippen MR) is 473 cm³/mol. The van der Waals surface area contributed by atoms with Gasteiger partial charge in [-0.25, -0.2) is 34.0 Å². The minimum Gasteiger partial charge on any atom is -0.459 e. The number of aromatic nitrogens is 8. The number of halogens is 1. The summed E-state index contributed by atoms with van der Waals surface area (Å²) in [4.78, 5) is 145. The van der Waals surface area contributed by atoms with Gasteiger partial charge in [-0.15, -0.1) is 0 Å². The Labute approximate surface area is 737 Å². The Kier molecular flexibility index (Phi) is 29.6. The van der Waals surface area contributed by atoms with Crippen LogP contribution >= 0.6 is 11.6 Å². The van der Waals surface area contributed by atoms with Crippen molar-refractivity contribution in [2.75, 3.05) is 77.3 Å². The lowest BCUT2D eigenvalue weighted by atomic mass is 9.91. The van der Waals surface area contributed by atoms with Gasteiger partial charge in [-0.05, 0) is 182 Å². The first kappa shape index (κ1) is 94.4. The number of ketones is 2. The minimum atomic E-state index is -4.15. The van der Waals surface area contributed by atoms with Crippen molar-refractivity contribution in [3.8, 4) is 28.5 Å². The monoisotopic (exact) mass is 1790 g/mol. The highest BCUT2D eigenvalue weighted by Gasteiger charge is 2.63. The van der Waals surface area contributed by atoms with Gasteiger partial charge in [0.05, 0.1) is 88.3 Å². The number of aliphatic hydroxyl groups is 1. The number of carbonyl (C=O) groups excluding carboxylic acids is 8. The summed E-state index contributed by atoms with van der Waals surface area (Å²) < 4.78 is 78.1. The number of nitrogens with one attached hydrogen (secondary N) is 4. The van der Waals surface area contributed by atoms with Gasteiger partial charge in [0.1, 0.15) is 46.5 Å². The molecule has 4 aromatic heterocycles. The van der Waals surface area contributed by atoms with Crippen LogP contribution in [0.1, 0.15) is 210 Å². The molecule has 4 saturated heterocycles. The van der Waals surface area contributed by atoms with E-state index in [0.717, 1.165) is 125 Å². The highest BCUT2D eigenvalue weighted by Crippen LogP contribution is 2.59. The number of para-hydroxylation sites is 2. The molecule has 2 saturated carbocycles. The Bertz CT molecular complexity index is 5270. The van der Waals surface area contributed by atoms with Crippen molar-refractivity contribution in [3.63, 3.8) is 0 Å². The topological polar surface area (TPSA) is 408 Å². The zero-order valence-electron chi connectivity index (χ0n) is 74.3. The Balaban J connectivity index is 0.000000191. The van der Waals surface area contributed by atoms with Gasteiger partial charge in [0.15, 0.2) is 11.6 Å². The molecule has 5 N–H and O–H groups in total. The second-order valence-corrected chi connectivity index (χ2v) is 41.1. The maximum Gasteiger partial charge on any atom is 0.408 e. The van der Waals surface area contributed by atoms with E-state index in [9.17, 15) is 60.3 Å². The molecule has 6 fully saturated rings. The van der Waals surface area contributed by atoms with Crippen LogP contribution in [0.25, 0.3) is 44.6 Å². The standard InChI is InChI=1S/C44H61N9O8S.C26H42N4O8S.C18H20ClN5/c1-28(2)53-34-19-15-17-31(33-25-45-26-37(46-33)51-20-13-14-21-51)38(34)48-41(53)60-30-22-35-36(54)24-44(40(56)49-62(58,59)50(6)7)23-29(44)16-11-9-8-10-12-18-32(39(55)52(35)27-30)47-42(57)61-43(3,4)5;1-25(2,3)38-24(35)27-19-12-10-8-6-7-9-11-17-14-26(17,23(34)28-39(36,37)29(4)5)15-21(32)20-13-18(31)16-30(20)22(19)33;1-12(2)24-15-7-5-6-13(17(15)22-18(24)19)14-10-20-11-16(21-14)23-8-3-4-9-23/h11,15-17,19,25-26,28-30,32,35H,8-10,12-14,18,20-24,27H2,1-7H3,(H,47,57)(H,49,56);9,11,17-20,31H,6-8,10,12-16H2,1-5H3,(H,27,35)(H,28,34);5-7,10-12H,3-4,8-9H2,1-2H3/b16-11-;11-9-;/t29-,30-,32+,35+,44-;17-,18-,19+,20+,26-;/m11./s1. The van der Waals surface area contributed by atoms with Crippen LogP contribution in [0.4, 0.5) is 21.2 Å². The number of carbonyl (C=O) groups is 8. The maximum atomic E-state index is 14.8. The van der Waals surface area contributed by atoms with Gasteiger partial charge in [0, 0.05) is 110 Å². The van der Waals surface area contributed by atoms with Crippen molar-refractivity contribution in [2.45, 2.75) is 257 Å². The van der Waals surface area contributed by atoms with Crippen molar-refractivity contribution in [3.05, 3.63) is 90.8 Å². The summed E-state index contributed by atoms with van der Waals surface area (Å²) in [7, 11) is -2.99. The summed E-state index contributed by atoms with van der Waals surface area (Å²) in [6.07, 6.45) is 22.9. The molecule has 34 nitrogen and oxygen atoms in total. The van der Waals surface area contributed by atoms with E-state index in [4.69, 9.17) is 40.8 Å². The van der Waals surface area contributed by atoms with E-state index in [2.05, 4.69) is 64.7 Å². The van der Waals surface area contributed by atoms with Gasteiger partial charge in [0.2, 0.25) is 28.9 Å². The van der Waals surface area contributed by atoms with Crippen LogP contribution in [0.2, 0.25) is 5.28 Å². The van der Waals surface area contributed by atoms with Crippen LogP contribution in [0.5, 0.6) is 6.01 Å². The van der Waals surface area contributed by atoms with Crippen LogP contribution in [0.15, 0.2) is 85.5 Å². The number of benzene rings is 2. The lowest BCUT2D eigenvalue weighted by Crippen LogP contribution is -2.53. The molecule has 6 aromatic rings. The van der Waals surface area contributed by atoms with Crippen molar-refractivity contribution >= 4 is 113 Å². The fraction of sp³-hybridized carbons (Fsp3) is 0.614. The third kappa shape index (κ3) is 22.6. The number of amides is 6. The molecule has 680 valence electrons. The molecular formula is C88H123ClN18O16S2. The van der Waals surface area contributed by atoms with Crippen LogP contribution in [0.3, 0.4) is 0 Å². The first-order valence-corrected chi connectivity index (χ1v) is 47.0. The van der Waals surface area contributed by atoms with Gasteiger partial charge >= 0.3 is 32.6 Å². The maximum absolute atomic E-state index is 14.8. The van der Waals surface area contributed by atoms with E-state index in [1.165, 1.54) is 50.8 Å². The number of ether oxygens (including phenoxy) is 3. The summed E-state index contributed by atoms with van der Waals surface area (Å²) in [6, 6.07) is 8.45. The van der Waals surface area contributed by atoms with Gasteiger partial charge < -0.3 is 54.1 Å². The highest BCUT2D eigenvalue weighted by atomic mass is 35.5. The lowest BCUT2D eigenvalue weighted by Gasteiger charge is -2.30. The van der Waals surface area contributed by atoms with Crippen LogP contribution in [-0.4, -0.2) is 242 Å². The Hall–Kier alpha value is -9.75. The van der Waals surface area contributed by atoms with Crippen LogP contribution in [-0.2, 0) is 58.7 Å². The fourth-order valence-electron chi connectivity index (χ4n) is 17.4. The average Bonchev–Trinajstić information content (AvgIpc) is 1.58. The van der Waals surface area contributed by atoms with E-state index in [1.54, 1.807) is 60.1 Å². The summed E-state index contributed by atoms with van der Waals surface area (Å²) >= 11 is 6.36. The first-order valence-electron chi connectivity index (χ1n) is 43.7. The van der Waals surface area contributed by atoms with Gasteiger partial charge in [0.25, 0.3) is 6.01 Å². The van der Waals surface area contributed by atoms with Crippen molar-refractivity contribution in [1.29, 1.82) is 0 Å². The molecule has 10 atom stereocenters. The molecule has 0 spiro atoms. The normalized spacial score (nSPS) is 25.3. The van der Waals surface area contributed by atoms with Gasteiger partial charge in [-0.1, -0.05) is 74.3 Å². The lowest BCUT2D eigenvalue weighted by molar-refractivity contribution is -0.140. The molecule has 125 heavy (non-hydrogen) atoms.